The molecule has 1 saturated heterocycles. The summed E-state index contributed by atoms with van der Waals surface area (Å²) in [5.41, 5.74) is 0.781. The van der Waals surface area contributed by atoms with Crippen LogP contribution >= 0.6 is 0 Å². The number of anilines is 1. The van der Waals surface area contributed by atoms with Crippen LogP contribution in [0.2, 0.25) is 0 Å². The van der Waals surface area contributed by atoms with E-state index in [2.05, 4.69) is 5.32 Å². The van der Waals surface area contributed by atoms with E-state index in [0.717, 1.165) is 24.2 Å². The first-order chi connectivity index (χ1) is 17.1. The van der Waals surface area contributed by atoms with Gasteiger partial charge in [-0.2, -0.15) is 0 Å². The lowest BCUT2D eigenvalue weighted by molar-refractivity contribution is -0.162. The molecule has 9 heteroatoms. The van der Waals surface area contributed by atoms with Gasteiger partial charge in [0.25, 0.3) is 5.91 Å². The number of esters is 2. The van der Waals surface area contributed by atoms with E-state index in [0.29, 0.717) is 17.9 Å². The molecule has 3 amide bonds. The third-order valence-electron chi connectivity index (χ3n) is 7.41. The zero-order valence-corrected chi connectivity index (χ0v) is 21.2. The van der Waals surface area contributed by atoms with Crippen LogP contribution < -0.4 is 5.32 Å². The summed E-state index contributed by atoms with van der Waals surface area (Å²) >= 11 is 0. The van der Waals surface area contributed by atoms with Crippen molar-refractivity contribution < 1.29 is 33.4 Å². The van der Waals surface area contributed by atoms with E-state index in [1.165, 1.54) is 12.1 Å². The molecule has 4 rings (SSSR count). The van der Waals surface area contributed by atoms with Crippen molar-refractivity contribution in [2.45, 2.75) is 53.0 Å². The van der Waals surface area contributed by atoms with Gasteiger partial charge < -0.3 is 14.8 Å². The van der Waals surface area contributed by atoms with Crippen LogP contribution in [0, 0.1) is 35.5 Å². The number of hydrogen-bond donors (Lipinski definition) is 1. The molecule has 5 atom stereocenters. The lowest BCUT2D eigenvalue weighted by Gasteiger charge is -2.28. The summed E-state index contributed by atoms with van der Waals surface area (Å²) < 4.78 is 10.4. The predicted octanol–water partition coefficient (Wildman–Crippen LogP) is 3.04. The fourth-order valence-corrected chi connectivity index (χ4v) is 5.82. The van der Waals surface area contributed by atoms with Gasteiger partial charge in [0, 0.05) is 5.69 Å². The van der Waals surface area contributed by atoms with E-state index < -0.39 is 30.5 Å². The van der Waals surface area contributed by atoms with Gasteiger partial charge in [0.05, 0.1) is 24.0 Å². The van der Waals surface area contributed by atoms with Gasteiger partial charge in [0.2, 0.25) is 11.8 Å². The average molecular weight is 499 g/mol. The molecule has 1 N–H and O–H groups in total. The standard InChI is InChI=1S/C27H34N2O7/c1-14(2)12-35-26(33)16-7-9-19(10-8-16)28-20(30)13-36-27(34)23(15(3)4)29-24(31)21-17-5-6-18(11-17)22(21)25(29)32/h7-10,14-15,17-18,21-23H,5-6,11-13H2,1-4H3,(H,28,30)/t17-,18-,21-,22+,23-/m0/s1. The Morgan fingerprint density at radius 2 is 1.53 bits per heavy atom. The largest absolute Gasteiger partial charge is 0.462 e. The Morgan fingerprint density at radius 1 is 0.944 bits per heavy atom. The van der Waals surface area contributed by atoms with Crippen LogP contribution in [-0.4, -0.2) is 53.8 Å². The van der Waals surface area contributed by atoms with Gasteiger partial charge in [-0.1, -0.05) is 27.7 Å². The molecule has 0 spiro atoms. The number of carbonyl (C=O) groups excluding carboxylic acids is 5. The molecule has 0 radical (unpaired) electrons. The van der Waals surface area contributed by atoms with Gasteiger partial charge >= 0.3 is 11.9 Å². The smallest absolute Gasteiger partial charge is 0.338 e. The molecular weight excluding hydrogens is 464 g/mol. The quantitative estimate of drug-likeness (QED) is 0.411. The zero-order chi connectivity index (χ0) is 26.1. The minimum absolute atomic E-state index is 0.222. The molecule has 1 aromatic carbocycles. The van der Waals surface area contributed by atoms with Crippen molar-refractivity contribution in [2.75, 3.05) is 18.5 Å². The Kier molecular flexibility index (Phi) is 7.47. The van der Waals surface area contributed by atoms with E-state index in [-0.39, 0.29) is 47.3 Å². The van der Waals surface area contributed by atoms with E-state index in [9.17, 15) is 24.0 Å². The average Bonchev–Trinajstić information content (AvgIpc) is 3.51. The van der Waals surface area contributed by atoms with Gasteiger partial charge in [-0.25, -0.2) is 9.59 Å². The molecule has 2 aliphatic carbocycles. The van der Waals surface area contributed by atoms with Crippen LogP contribution in [0.5, 0.6) is 0 Å². The molecular formula is C27H34N2O7. The molecule has 36 heavy (non-hydrogen) atoms. The third-order valence-corrected chi connectivity index (χ3v) is 7.41. The Morgan fingerprint density at radius 3 is 2.06 bits per heavy atom. The lowest BCUT2D eigenvalue weighted by atomic mass is 9.81. The second kappa shape index (κ2) is 10.4. The van der Waals surface area contributed by atoms with Crippen molar-refractivity contribution in [1.82, 2.24) is 4.90 Å². The summed E-state index contributed by atoms with van der Waals surface area (Å²) in [6, 6.07) is 5.12. The molecule has 0 aromatic heterocycles. The van der Waals surface area contributed by atoms with Crippen LogP contribution in [0.3, 0.4) is 0 Å². The minimum Gasteiger partial charge on any atom is -0.462 e. The molecule has 0 unspecified atom stereocenters. The number of fused-ring (bicyclic) bond motifs is 5. The predicted molar refractivity (Wildman–Crippen MR) is 129 cm³/mol. The summed E-state index contributed by atoms with van der Waals surface area (Å²) in [6.07, 6.45) is 2.82. The van der Waals surface area contributed by atoms with Gasteiger partial charge in [-0.05, 0) is 67.2 Å². The summed E-state index contributed by atoms with van der Waals surface area (Å²) in [6.45, 7) is 7.15. The first-order valence-corrected chi connectivity index (χ1v) is 12.7. The molecule has 1 aromatic rings. The number of nitrogens with zero attached hydrogens (tertiary/aromatic N) is 1. The number of amides is 3. The maximum absolute atomic E-state index is 13.2. The molecule has 3 aliphatic rings. The summed E-state index contributed by atoms with van der Waals surface area (Å²) in [5.74, 6) is -2.66. The Balaban J connectivity index is 1.32. The number of rotatable bonds is 9. The fourth-order valence-electron chi connectivity index (χ4n) is 5.82. The maximum Gasteiger partial charge on any atom is 0.338 e. The Bertz CT molecular complexity index is 1020. The molecule has 1 heterocycles. The van der Waals surface area contributed by atoms with Crippen molar-refractivity contribution in [3.63, 3.8) is 0 Å². The number of nitrogens with one attached hydrogen (secondary N) is 1. The first kappa shape index (κ1) is 25.9. The van der Waals surface area contributed by atoms with Crippen molar-refractivity contribution in [1.29, 1.82) is 0 Å². The minimum atomic E-state index is -1.06. The van der Waals surface area contributed by atoms with Gasteiger partial charge in [0.15, 0.2) is 6.61 Å². The Labute approximate surface area is 210 Å². The van der Waals surface area contributed by atoms with Crippen LogP contribution in [0.1, 0.15) is 57.3 Å². The normalized spacial score (nSPS) is 25.3. The molecule has 2 saturated carbocycles. The van der Waals surface area contributed by atoms with E-state index in [4.69, 9.17) is 9.47 Å². The van der Waals surface area contributed by atoms with Crippen LogP contribution in [0.4, 0.5) is 5.69 Å². The summed E-state index contributed by atoms with van der Waals surface area (Å²) in [5, 5.41) is 2.61. The van der Waals surface area contributed by atoms with E-state index in [1.807, 2.05) is 13.8 Å². The molecule has 1 aliphatic heterocycles. The highest BCUT2D eigenvalue weighted by Gasteiger charge is 2.62. The highest BCUT2D eigenvalue weighted by molar-refractivity contribution is 6.08. The lowest BCUT2D eigenvalue weighted by Crippen LogP contribution is -2.50. The number of carbonyl (C=O) groups is 5. The number of benzene rings is 1. The molecule has 2 bridgehead atoms. The van der Waals surface area contributed by atoms with Gasteiger partial charge in [-0.3, -0.25) is 19.3 Å². The van der Waals surface area contributed by atoms with Crippen LogP contribution in [-0.2, 0) is 28.7 Å². The molecule has 194 valence electrons. The van der Waals surface area contributed by atoms with Crippen molar-refractivity contribution in [2.24, 2.45) is 35.5 Å². The second-order valence-electron chi connectivity index (χ2n) is 10.8. The van der Waals surface area contributed by atoms with E-state index in [1.54, 1.807) is 26.0 Å². The highest BCUT2D eigenvalue weighted by atomic mass is 16.5. The van der Waals surface area contributed by atoms with Gasteiger partial charge in [-0.15, -0.1) is 0 Å². The maximum atomic E-state index is 13.2. The number of ether oxygens (including phenoxy) is 2. The van der Waals surface area contributed by atoms with Crippen molar-refractivity contribution in [3.8, 4) is 0 Å². The molecule has 9 nitrogen and oxygen atoms in total. The second-order valence-corrected chi connectivity index (χ2v) is 10.8. The monoisotopic (exact) mass is 498 g/mol. The number of imide groups is 1. The van der Waals surface area contributed by atoms with Crippen LogP contribution in [0.15, 0.2) is 24.3 Å². The summed E-state index contributed by atoms with van der Waals surface area (Å²) in [7, 11) is 0. The Hall–Kier alpha value is -3.23. The first-order valence-electron chi connectivity index (χ1n) is 12.7. The fraction of sp³-hybridized carbons (Fsp3) is 0.593. The van der Waals surface area contributed by atoms with E-state index >= 15 is 0 Å². The van der Waals surface area contributed by atoms with Crippen molar-refractivity contribution in [3.05, 3.63) is 29.8 Å². The summed E-state index contributed by atoms with van der Waals surface area (Å²) in [4.78, 5) is 64.8. The van der Waals surface area contributed by atoms with Crippen LogP contribution in [0.25, 0.3) is 0 Å². The highest BCUT2D eigenvalue weighted by Crippen LogP contribution is 2.56. The number of hydrogen-bond acceptors (Lipinski definition) is 7. The molecule has 3 fully saturated rings. The number of likely N-dealkylation sites (tertiary alicyclic amines) is 1. The SMILES string of the molecule is CC(C)COC(=O)c1ccc(NC(=O)COC(=O)[C@H](C(C)C)N2C(=O)[C@@H]3[C@H]4CC[C@@H](C4)[C@@H]3C2=O)cc1. The third kappa shape index (κ3) is 5.01. The topological polar surface area (TPSA) is 119 Å². The van der Waals surface area contributed by atoms with Gasteiger partial charge in [0.1, 0.15) is 6.04 Å². The van der Waals surface area contributed by atoms with Crippen molar-refractivity contribution >= 4 is 35.3 Å². The zero-order valence-electron chi connectivity index (χ0n) is 21.2.